The lowest BCUT2D eigenvalue weighted by atomic mass is 9.84. The summed E-state index contributed by atoms with van der Waals surface area (Å²) < 4.78 is 15.9. The van der Waals surface area contributed by atoms with E-state index in [0.717, 1.165) is 4.90 Å². The number of nitrogens with zero attached hydrogens (tertiary/aromatic N) is 2. The molecule has 4 N–H and O–H groups in total. The molecule has 0 saturated heterocycles. The highest BCUT2D eigenvalue weighted by Gasteiger charge is 2.31. The third-order valence-corrected chi connectivity index (χ3v) is 6.43. The number of nitrogens with two attached hydrogens (primary N) is 1. The predicted octanol–water partition coefficient (Wildman–Crippen LogP) is 4.33. The number of aromatic nitrogens is 1. The van der Waals surface area contributed by atoms with E-state index in [1.54, 1.807) is 51.1 Å². The second-order valence-corrected chi connectivity index (χ2v) is 9.26. The Morgan fingerprint density at radius 2 is 1.74 bits per heavy atom. The molecule has 3 aromatic rings. The van der Waals surface area contributed by atoms with E-state index in [9.17, 15) is 23.6 Å². The van der Waals surface area contributed by atoms with Crippen LogP contribution in [0.15, 0.2) is 47.3 Å². The molecular weight excluding hydrogens is 501 g/mol. The Kier molecular flexibility index (Phi) is 9.76. The summed E-state index contributed by atoms with van der Waals surface area (Å²) in [5.41, 5.74) is 5.68. The second kappa shape index (κ2) is 12.4. The van der Waals surface area contributed by atoms with Crippen molar-refractivity contribution in [3.63, 3.8) is 0 Å². The van der Waals surface area contributed by atoms with E-state index in [0.29, 0.717) is 23.2 Å². The molecule has 0 bridgehead atoms. The molecule has 1 aromatic heterocycles. The molecule has 3 rings (SSSR count). The normalized spacial score (nSPS) is 10.7. The third-order valence-electron chi connectivity index (χ3n) is 6.43. The average Bonchev–Trinajstić information content (AvgIpc) is 2.92. The fourth-order valence-corrected chi connectivity index (χ4v) is 3.99. The third kappa shape index (κ3) is 6.00. The molecule has 0 spiro atoms. The zero-order valence-electron chi connectivity index (χ0n) is 23.6. The number of primary amides is 1. The molecule has 10 heteroatoms. The minimum absolute atomic E-state index is 0.00632. The number of carbonyl (C=O) groups is 3. The topological polar surface area (TPSA) is 127 Å². The highest BCUT2D eigenvalue weighted by atomic mass is 19.1. The summed E-state index contributed by atoms with van der Waals surface area (Å²) in [5.74, 6) is -1.76. The minimum atomic E-state index is -1.05. The molecule has 0 aliphatic carbocycles. The Morgan fingerprint density at radius 1 is 1.10 bits per heavy atom. The molecule has 0 fully saturated rings. The Labute approximate surface area is 227 Å². The standard InChI is InChI=1S/C27H30FN5O4.C2H6/c1-15-10-11-20(19(28)12-15)31-23-21(24(35)30-5)22(16(2)25(36)32(23)6)33(14-34)18-9-7-8-17(13-18)27(3,4)26(29)37;1-2/h7-14,31H,1-6H3,(H2,29,37)(H,30,35);1-2H3. The number of nitrogens with one attached hydrogen (secondary N) is 2. The number of pyridine rings is 1. The van der Waals surface area contributed by atoms with Crippen LogP contribution in [0.25, 0.3) is 0 Å². The van der Waals surface area contributed by atoms with Crippen LogP contribution in [0, 0.1) is 19.7 Å². The number of carbonyl (C=O) groups excluding carboxylic acids is 3. The van der Waals surface area contributed by atoms with Gasteiger partial charge in [0.25, 0.3) is 11.5 Å². The number of halogens is 1. The lowest BCUT2D eigenvalue weighted by Crippen LogP contribution is -2.36. The molecule has 0 aliphatic rings. The summed E-state index contributed by atoms with van der Waals surface area (Å²) >= 11 is 0. The van der Waals surface area contributed by atoms with Gasteiger partial charge in [0.1, 0.15) is 17.2 Å². The quantitative estimate of drug-likeness (QED) is 0.369. The average molecular weight is 538 g/mol. The van der Waals surface area contributed by atoms with E-state index in [1.165, 1.54) is 37.7 Å². The smallest absolute Gasteiger partial charge is 0.256 e. The summed E-state index contributed by atoms with van der Waals surface area (Å²) in [6, 6.07) is 11.0. The molecule has 2 aromatic carbocycles. The van der Waals surface area contributed by atoms with Crippen LogP contribution in [0.4, 0.5) is 27.3 Å². The molecule has 3 amide bonds. The largest absolute Gasteiger partial charge is 0.369 e. The van der Waals surface area contributed by atoms with Gasteiger partial charge in [0.2, 0.25) is 12.3 Å². The first-order valence-corrected chi connectivity index (χ1v) is 12.5. The maximum Gasteiger partial charge on any atom is 0.256 e. The summed E-state index contributed by atoms with van der Waals surface area (Å²) in [4.78, 5) is 52.1. The maximum atomic E-state index is 14.7. The van der Waals surface area contributed by atoms with Crippen LogP contribution >= 0.6 is 0 Å². The van der Waals surface area contributed by atoms with Gasteiger partial charge in [0, 0.05) is 25.3 Å². The van der Waals surface area contributed by atoms with Gasteiger partial charge in [0.15, 0.2) is 0 Å². The molecule has 0 unspecified atom stereocenters. The van der Waals surface area contributed by atoms with Gasteiger partial charge >= 0.3 is 0 Å². The first-order valence-electron chi connectivity index (χ1n) is 12.5. The van der Waals surface area contributed by atoms with Crippen molar-refractivity contribution in [1.29, 1.82) is 0 Å². The lowest BCUT2D eigenvalue weighted by molar-refractivity contribution is -0.122. The zero-order chi connectivity index (χ0) is 29.7. The first-order chi connectivity index (χ1) is 18.3. The van der Waals surface area contributed by atoms with E-state index in [-0.39, 0.29) is 28.3 Å². The minimum Gasteiger partial charge on any atom is -0.369 e. The van der Waals surface area contributed by atoms with Crippen molar-refractivity contribution < 1.29 is 18.8 Å². The summed E-state index contributed by atoms with van der Waals surface area (Å²) in [6.45, 7) is 10.5. The van der Waals surface area contributed by atoms with Crippen LogP contribution in [0.5, 0.6) is 0 Å². The van der Waals surface area contributed by atoms with Crippen LogP contribution in [0.3, 0.4) is 0 Å². The highest BCUT2D eigenvalue weighted by molar-refractivity contribution is 6.08. The van der Waals surface area contributed by atoms with E-state index in [4.69, 9.17) is 5.73 Å². The molecule has 0 saturated carbocycles. The highest BCUT2D eigenvalue weighted by Crippen LogP contribution is 2.36. The van der Waals surface area contributed by atoms with Gasteiger partial charge < -0.3 is 16.4 Å². The van der Waals surface area contributed by atoms with Crippen LogP contribution in [0.2, 0.25) is 0 Å². The molecular formula is C29H36FN5O4. The lowest BCUT2D eigenvalue weighted by Gasteiger charge is -2.28. The monoisotopic (exact) mass is 537 g/mol. The summed E-state index contributed by atoms with van der Waals surface area (Å²) in [7, 11) is 2.85. The van der Waals surface area contributed by atoms with E-state index in [1.807, 2.05) is 13.8 Å². The Morgan fingerprint density at radius 3 is 2.28 bits per heavy atom. The van der Waals surface area contributed by atoms with Crippen molar-refractivity contribution in [2.24, 2.45) is 12.8 Å². The number of amides is 3. The van der Waals surface area contributed by atoms with Crippen molar-refractivity contribution >= 4 is 41.1 Å². The summed E-state index contributed by atoms with van der Waals surface area (Å²) in [5, 5.41) is 5.40. The SMILES string of the molecule is CC.CNC(=O)c1c(N(C=O)c2cccc(C(C)(C)C(N)=O)c2)c(C)c(=O)n(C)c1Nc1ccc(C)cc1F. The van der Waals surface area contributed by atoms with Gasteiger partial charge in [-0.15, -0.1) is 0 Å². The molecule has 9 nitrogen and oxygen atoms in total. The van der Waals surface area contributed by atoms with Crippen molar-refractivity contribution in [3.05, 3.63) is 80.9 Å². The van der Waals surface area contributed by atoms with E-state index in [2.05, 4.69) is 10.6 Å². The summed E-state index contributed by atoms with van der Waals surface area (Å²) in [6.07, 6.45) is 0.473. The molecule has 0 atom stereocenters. The van der Waals surface area contributed by atoms with Gasteiger partial charge in [-0.3, -0.25) is 28.6 Å². The number of anilines is 4. The van der Waals surface area contributed by atoms with Gasteiger partial charge in [-0.1, -0.05) is 32.0 Å². The Hall–Kier alpha value is -4.47. The Balaban J connectivity index is 0.00000260. The predicted molar refractivity (Wildman–Crippen MR) is 152 cm³/mol. The second-order valence-electron chi connectivity index (χ2n) is 9.26. The number of hydrogen-bond acceptors (Lipinski definition) is 5. The fraction of sp³-hybridized carbons (Fsp3) is 0.310. The van der Waals surface area contributed by atoms with Gasteiger partial charge in [0.05, 0.1) is 16.8 Å². The molecule has 0 aliphatic heterocycles. The first kappa shape index (κ1) is 30.8. The van der Waals surface area contributed by atoms with Crippen LogP contribution in [-0.2, 0) is 22.1 Å². The maximum absolute atomic E-state index is 14.7. The van der Waals surface area contributed by atoms with Gasteiger partial charge in [-0.25, -0.2) is 4.39 Å². The van der Waals surface area contributed by atoms with E-state index >= 15 is 0 Å². The molecule has 39 heavy (non-hydrogen) atoms. The van der Waals surface area contributed by atoms with E-state index < -0.39 is 28.6 Å². The van der Waals surface area contributed by atoms with Crippen LogP contribution in [-0.4, -0.2) is 29.8 Å². The number of aryl methyl sites for hydroxylation is 1. The number of hydrogen-bond donors (Lipinski definition) is 3. The number of rotatable bonds is 8. The molecule has 1 heterocycles. The fourth-order valence-electron chi connectivity index (χ4n) is 3.99. The Bertz CT molecular complexity index is 1460. The van der Waals surface area contributed by atoms with Crippen molar-refractivity contribution in [2.45, 2.75) is 47.0 Å². The van der Waals surface area contributed by atoms with Gasteiger partial charge in [-0.2, -0.15) is 0 Å². The van der Waals surface area contributed by atoms with Crippen LogP contribution < -0.4 is 26.8 Å². The molecule has 208 valence electrons. The molecule has 0 radical (unpaired) electrons. The van der Waals surface area contributed by atoms with Gasteiger partial charge in [-0.05, 0) is 63.1 Å². The zero-order valence-corrected chi connectivity index (χ0v) is 23.6. The number of benzene rings is 2. The van der Waals surface area contributed by atoms with Crippen molar-refractivity contribution in [3.8, 4) is 0 Å². The van der Waals surface area contributed by atoms with Crippen molar-refractivity contribution in [2.75, 3.05) is 17.3 Å². The van der Waals surface area contributed by atoms with Crippen LogP contribution in [0.1, 0.15) is 54.7 Å². The van der Waals surface area contributed by atoms with Crippen molar-refractivity contribution in [1.82, 2.24) is 9.88 Å².